The summed E-state index contributed by atoms with van der Waals surface area (Å²) < 4.78 is 12.5. The van der Waals surface area contributed by atoms with E-state index in [0.29, 0.717) is 24.0 Å². The van der Waals surface area contributed by atoms with Gasteiger partial charge in [0.2, 0.25) is 0 Å². The smallest absolute Gasteiger partial charge is 0.158 e. The standard InChI is InChI=1S/C20H28O2/c1-2-6-15(16-7-4-3-5-8-16)9-10-20-21-18-12-14-11-17(18)19(13-14)22-20/h3-5,7-8,14-15,17-20H,2,6,9-13H2,1H3. The van der Waals surface area contributed by atoms with Crippen molar-refractivity contribution < 1.29 is 9.47 Å². The molecule has 22 heavy (non-hydrogen) atoms. The maximum Gasteiger partial charge on any atom is 0.158 e. The first kappa shape index (κ1) is 14.7. The van der Waals surface area contributed by atoms with Gasteiger partial charge in [-0.2, -0.15) is 0 Å². The summed E-state index contributed by atoms with van der Waals surface area (Å²) in [5.41, 5.74) is 1.47. The molecule has 2 bridgehead atoms. The molecule has 1 aliphatic heterocycles. The zero-order valence-corrected chi connectivity index (χ0v) is 13.6. The number of hydrogen-bond acceptors (Lipinski definition) is 2. The maximum atomic E-state index is 6.25. The first-order valence-electron chi connectivity index (χ1n) is 9.19. The lowest BCUT2D eigenvalue weighted by Gasteiger charge is -2.40. The molecule has 2 nitrogen and oxygen atoms in total. The Kier molecular flexibility index (Phi) is 4.23. The molecule has 1 aromatic rings. The summed E-state index contributed by atoms with van der Waals surface area (Å²) in [6.45, 7) is 2.28. The van der Waals surface area contributed by atoms with Crippen LogP contribution in [-0.2, 0) is 9.47 Å². The third-order valence-electron chi connectivity index (χ3n) is 6.00. The van der Waals surface area contributed by atoms with Crippen LogP contribution in [-0.4, -0.2) is 18.5 Å². The SMILES string of the molecule is CCCC(CCC1OC2CC3CC(O1)C2C3)c1ccccc1. The van der Waals surface area contributed by atoms with Gasteiger partial charge in [-0.25, -0.2) is 0 Å². The average Bonchev–Trinajstić information content (AvgIpc) is 3.12. The van der Waals surface area contributed by atoms with Gasteiger partial charge in [0.1, 0.15) is 0 Å². The summed E-state index contributed by atoms with van der Waals surface area (Å²) in [6, 6.07) is 11.0. The number of benzene rings is 1. The minimum atomic E-state index is 0.0494. The normalized spacial score (nSPS) is 37.4. The van der Waals surface area contributed by atoms with Gasteiger partial charge in [0.15, 0.2) is 6.29 Å². The Morgan fingerprint density at radius 3 is 2.36 bits per heavy atom. The van der Waals surface area contributed by atoms with E-state index in [1.807, 2.05) is 0 Å². The van der Waals surface area contributed by atoms with E-state index < -0.39 is 0 Å². The van der Waals surface area contributed by atoms with Crippen LogP contribution in [0.5, 0.6) is 0 Å². The van der Waals surface area contributed by atoms with Gasteiger partial charge in [-0.05, 0) is 55.9 Å². The van der Waals surface area contributed by atoms with Crippen molar-refractivity contribution in [2.45, 2.75) is 76.3 Å². The monoisotopic (exact) mass is 300 g/mol. The van der Waals surface area contributed by atoms with Crippen molar-refractivity contribution in [3.63, 3.8) is 0 Å². The molecule has 1 saturated heterocycles. The van der Waals surface area contributed by atoms with Crippen molar-refractivity contribution in [3.05, 3.63) is 35.9 Å². The lowest BCUT2D eigenvalue weighted by molar-refractivity contribution is -0.268. The highest BCUT2D eigenvalue weighted by Gasteiger charge is 2.51. The van der Waals surface area contributed by atoms with E-state index in [-0.39, 0.29) is 6.29 Å². The Labute approximate surface area is 134 Å². The first-order valence-corrected chi connectivity index (χ1v) is 9.19. The molecule has 0 radical (unpaired) electrons. The molecule has 3 aliphatic rings. The minimum Gasteiger partial charge on any atom is -0.349 e. The van der Waals surface area contributed by atoms with E-state index in [2.05, 4.69) is 37.3 Å². The summed E-state index contributed by atoms with van der Waals surface area (Å²) in [6.07, 6.45) is 9.71. The fourth-order valence-electron chi connectivity index (χ4n) is 4.98. The van der Waals surface area contributed by atoms with Crippen LogP contribution >= 0.6 is 0 Å². The van der Waals surface area contributed by atoms with E-state index in [9.17, 15) is 0 Å². The molecule has 2 heteroatoms. The van der Waals surface area contributed by atoms with Crippen molar-refractivity contribution in [1.29, 1.82) is 0 Å². The van der Waals surface area contributed by atoms with Crippen LogP contribution in [0.25, 0.3) is 0 Å². The Morgan fingerprint density at radius 2 is 1.73 bits per heavy atom. The second-order valence-electron chi connectivity index (χ2n) is 7.49. The minimum absolute atomic E-state index is 0.0494. The molecule has 0 spiro atoms. The molecule has 120 valence electrons. The van der Waals surface area contributed by atoms with Crippen LogP contribution in [0.1, 0.15) is 63.4 Å². The van der Waals surface area contributed by atoms with Gasteiger partial charge in [-0.1, -0.05) is 43.7 Å². The number of ether oxygens (including phenoxy) is 2. The molecule has 0 amide bonds. The molecule has 2 saturated carbocycles. The molecule has 0 aromatic heterocycles. The Morgan fingerprint density at radius 1 is 1.00 bits per heavy atom. The number of hydrogen-bond donors (Lipinski definition) is 0. The summed E-state index contributed by atoms with van der Waals surface area (Å²) in [4.78, 5) is 0. The third kappa shape index (κ3) is 2.83. The van der Waals surface area contributed by atoms with E-state index in [4.69, 9.17) is 9.47 Å². The molecule has 3 unspecified atom stereocenters. The van der Waals surface area contributed by atoms with Crippen LogP contribution in [0.4, 0.5) is 0 Å². The first-order chi connectivity index (χ1) is 10.8. The van der Waals surface area contributed by atoms with Crippen molar-refractivity contribution in [3.8, 4) is 0 Å². The van der Waals surface area contributed by atoms with Crippen molar-refractivity contribution in [2.24, 2.45) is 11.8 Å². The van der Waals surface area contributed by atoms with Gasteiger partial charge in [-0.3, -0.25) is 0 Å². The van der Waals surface area contributed by atoms with Gasteiger partial charge in [0, 0.05) is 5.92 Å². The maximum absolute atomic E-state index is 6.25. The van der Waals surface area contributed by atoms with E-state index >= 15 is 0 Å². The van der Waals surface area contributed by atoms with E-state index in [0.717, 1.165) is 12.3 Å². The summed E-state index contributed by atoms with van der Waals surface area (Å²) >= 11 is 0. The zero-order valence-electron chi connectivity index (χ0n) is 13.6. The lowest BCUT2D eigenvalue weighted by Crippen LogP contribution is -2.44. The quantitative estimate of drug-likeness (QED) is 0.744. The fourth-order valence-corrected chi connectivity index (χ4v) is 4.98. The summed E-state index contributed by atoms with van der Waals surface area (Å²) in [5, 5.41) is 0. The summed E-state index contributed by atoms with van der Waals surface area (Å²) in [7, 11) is 0. The van der Waals surface area contributed by atoms with E-state index in [1.54, 1.807) is 0 Å². The second-order valence-corrected chi connectivity index (χ2v) is 7.49. The predicted octanol–water partition coefficient (Wildman–Crippen LogP) is 4.89. The van der Waals surface area contributed by atoms with Crippen LogP contribution in [0.2, 0.25) is 0 Å². The molecule has 1 heterocycles. The van der Waals surface area contributed by atoms with Crippen molar-refractivity contribution >= 4 is 0 Å². The van der Waals surface area contributed by atoms with Crippen molar-refractivity contribution in [2.75, 3.05) is 0 Å². The van der Waals surface area contributed by atoms with Gasteiger partial charge in [0.05, 0.1) is 12.2 Å². The molecule has 3 atom stereocenters. The molecule has 3 fully saturated rings. The average molecular weight is 300 g/mol. The van der Waals surface area contributed by atoms with Crippen LogP contribution < -0.4 is 0 Å². The molecule has 4 rings (SSSR count). The van der Waals surface area contributed by atoms with Gasteiger partial charge >= 0.3 is 0 Å². The number of fused-ring (bicyclic) bond motifs is 1. The molecular formula is C20H28O2. The van der Waals surface area contributed by atoms with Crippen LogP contribution in [0.3, 0.4) is 0 Å². The number of rotatable bonds is 6. The van der Waals surface area contributed by atoms with Gasteiger partial charge in [-0.15, -0.1) is 0 Å². The summed E-state index contributed by atoms with van der Waals surface area (Å²) in [5.74, 6) is 2.24. The van der Waals surface area contributed by atoms with E-state index in [1.165, 1.54) is 44.1 Å². The van der Waals surface area contributed by atoms with Crippen LogP contribution in [0, 0.1) is 11.8 Å². The molecule has 1 aromatic carbocycles. The third-order valence-corrected chi connectivity index (χ3v) is 6.00. The Balaban J connectivity index is 1.35. The highest BCUT2D eigenvalue weighted by Crippen LogP contribution is 2.51. The molecular weight excluding hydrogens is 272 g/mol. The highest BCUT2D eigenvalue weighted by molar-refractivity contribution is 5.19. The molecule has 2 aliphatic carbocycles. The Hall–Kier alpha value is -0.860. The predicted molar refractivity (Wildman–Crippen MR) is 87.7 cm³/mol. The lowest BCUT2D eigenvalue weighted by atomic mass is 9.89. The highest BCUT2D eigenvalue weighted by atomic mass is 16.7. The zero-order chi connectivity index (χ0) is 14.9. The second kappa shape index (κ2) is 6.33. The topological polar surface area (TPSA) is 18.5 Å². The largest absolute Gasteiger partial charge is 0.349 e. The van der Waals surface area contributed by atoms with Crippen LogP contribution in [0.15, 0.2) is 30.3 Å². The molecule has 0 N–H and O–H groups in total. The van der Waals surface area contributed by atoms with Crippen molar-refractivity contribution in [1.82, 2.24) is 0 Å². The Bertz CT molecular complexity index is 470. The van der Waals surface area contributed by atoms with Gasteiger partial charge in [0.25, 0.3) is 0 Å². The fraction of sp³-hybridized carbons (Fsp3) is 0.700. The van der Waals surface area contributed by atoms with Gasteiger partial charge < -0.3 is 9.47 Å².